The fraction of sp³-hybridized carbons (Fsp3) is 0.214. The molecule has 5 heteroatoms. The molecule has 1 heterocycles. The van der Waals surface area contributed by atoms with Gasteiger partial charge in [-0.05, 0) is 26.0 Å². The molecule has 0 atom stereocenters. The normalized spacial score (nSPS) is 9.95. The molecule has 0 aliphatic heterocycles. The van der Waals surface area contributed by atoms with Crippen molar-refractivity contribution in [1.29, 1.82) is 5.26 Å². The molecule has 19 heavy (non-hydrogen) atoms. The second-order valence-corrected chi connectivity index (χ2v) is 3.89. The largest absolute Gasteiger partial charge is 0.460 e. The molecule has 0 saturated heterocycles. The monoisotopic (exact) mass is 256 g/mol. The molecule has 0 spiro atoms. The lowest BCUT2D eigenvalue weighted by molar-refractivity contribution is 0.0478. The molecule has 0 radical (unpaired) electrons. The maximum absolute atomic E-state index is 11.6. The van der Waals surface area contributed by atoms with Crippen LogP contribution in [0.25, 0.3) is 11.3 Å². The van der Waals surface area contributed by atoms with Crippen LogP contribution in [0.2, 0.25) is 0 Å². The average Bonchev–Trinajstić information content (AvgIpc) is 2.81. The lowest BCUT2D eigenvalue weighted by Crippen LogP contribution is -2.04. The maximum Gasteiger partial charge on any atom is 0.377 e. The van der Waals surface area contributed by atoms with Crippen molar-refractivity contribution < 1.29 is 14.1 Å². The number of hydrogen-bond donors (Lipinski definition) is 0. The highest BCUT2D eigenvalue weighted by atomic mass is 16.6. The van der Waals surface area contributed by atoms with Crippen LogP contribution in [-0.2, 0) is 4.74 Å². The molecular formula is C14H12N2O3. The molecule has 0 N–H and O–H groups in total. The molecule has 0 bridgehead atoms. The van der Waals surface area contributed by atoms with Gasteiger partial charge in [0.2, 0.25) is 5.76 Å². The summed E-state index contributed by atoms with van der Waals surface area (Å²) >= 11 is 0. The number of nitrogens with zero attached hydrogens (tertiary/aromatic N) is 2. The summed E-state index contributed by atoms with van der Waals surface area (Å²) in [5.74, 6) is -0.409. The minimum Gasteiger partial charge on any atom is -0.460 e. The zero-order chi connectivity index (χ0) is 13.8. The average molecular weight is 256 g/mol. The van der Waals surface area contributed by atoms with Crippen LogP contribution in [0.5, 0.6) is 0 Å². The van der Waals surface area contributed by atoms with E-state index in [4.69, 9.17) is 14.5 Å². The summed E-state index contributed by atoms with van der Waals surface area (Å²) in [5.41, 5.74) is 2.56. The van der Waals surface area contributed by atoms with E-state index in [0.29, 0.717) is 16.8 Å². The minimum atomic E-state index is -0.521. The van der Waals surface area contributed by atoms with Crippen LogP contribution in [0, 0.1) is 18.3 Å². The first-order valence-corrected chi connectivity index (χ1v) is 5.81. The number of benzene rings is 1. The van der Waals surface area contributed by atoms with Gasteiger partial charge in [-0.2, -0.15) is 5.26 Å². The summed E-state index contributed by atoms with van der Waals surface area (Å²) in [4.78, 5) is 11.6. The van der Waals surface area contributed by atoms with E-state index in [0.717, 1.165) is 5.56 Å². The molecule has 0 saturated carbocycles. The predicted octanol–water partition coefficient (Wildman–Crippen LogP) is 2.70. The van der Waals surface area contributed by atoms with Gasteiger partial charge in [-0.25, -0.2) is 4.79 Å². The summed E-state index contributed by atoms with van der Waals surface area (Å²) in [7, 11) is 0. The second-order valence-electron chi connectivity index (χ2n) is 3.89. The molecular weight excluding hydrogens is 244 g/mol. The van der Waals surface area contributed by atoms with E-state index in [9.17, 15) is 4.79 Å². The lowest BCUT2D eigenvalue weighted by Gasteiger charge is -1.99. The SMILES string of the molecule is CCOC(=O)c1onc(-c2ccc(C#N)cc2)c1C. The number of carbonyl (C=O) groups is 1. The Labute approximate surface area is 110 Å². The third kappa shape index (κ3) is 2.47. The van der Waals surface area contributed by atoms with Crippen molar-refractivity contribution in [3.8, 4) is 17.3 Å². The zero-order valence-electron chi connectivity index (χ0n) is 10.6. The summed E-state index contributed by atoms with van der Waals surface area (Å²) in [6, 6.07) is 8.94. The first-order chi connectivity index (χ1) is 9.17. The number of hydrogen-bond acceptors (Lipinski definition) is 5. The molecule has 96 valence electrons. The Morgan fingerprint density at radius 1 is 1.42 bits per heavy atom. The molecule has 2 rings (SSSR count). The smallest absolute Gasteiger partial charge is 0.377 e. The van der Waals surface area contributed by atoms with E-state index in [1.165, 1.54) is 0 Å². The van der Waals surface area contributed by atoms with Crippen molar-refractivity contribution in [2.75, 3.05) is 6.61 Å². The van der Waals surface area contributed by atoms with Gasteiger partial charge in [-0.3, -0.25) is 0 Å². The molecule has 2 aromatic rings. The molecule has 0 unspecified atom stereocenters. The number of ether oxygens (including phenoxy) is 1. The second kappa shape index (κ2) is 5.36. The molecule has 1 aromatic heterocycles. The van der Waals surface area contributed by atoms with Gasteiger partial charge in [-0.1, -0.05) is 17.3 Å². The summed E-state index contributed by atoms with van der Waals surface area (Å²) in [6.45, 7) is 3.76. The Hall–Kier alpha value is -2.61. The van der Waals surface area contributed by atoms with E-state index >= 15 is 0 Å². The van der Waals surface area contributed by atoms with Crippen LogP contribution in [-0.4, -0.2) is 17.7 Å². The zero-order valence-corrected chi connectivity index (χ0v) is 10.6. The predicted molar refractivity (Wildman–Crippen MR) is 67.3 cm³/mol. The van der Waals surface area contributed by atoms with Crippen LogP contribution < -0.4 is 0 Å². The van der Waals surface area contributed by atoms with Crippen molar-refractivity contribution in [3.63, 3.8) is 0 Å². The van der Waals surface area contributed by atoms with Gasteiger partial charge < -0.3 is 9.26 Å². The molecule has 5 nitrogen and oxygen atoms in total. The Morgan fingerprint density at radius 2 is 2.11 bits per heavy atom. The van der Waals surface area contributed by atoms with E-state index in [2.05, 4.69) is 5.16 Å². The van der Waals surface area contributed by atoms with Crippen LogP contribution in [0.4, 0.5) is 0 Å². The lowest BCUT2D eigenvalue weighted by atomic mass is 10.1. The van der Waals surface area contributed by atoms with Gasteiger partial charge in [0.05, 0.1) is 18.2 Å². The van der Waals surface area contributed by atoms with E-state index in [1.54, 1.807) is 38.1 Å². The van der Waals surface area contributed by atoms with E-state index < -0.39 is 5.97 Å². The molecule has 0 fully saturated rings. The van der Waals surface area contributed by atoms with Crippen LogP contribution in [0.1, 0.15) is 28.6 Å². The van der Waals surface area contributed by atoms with Crippen LogP contribution >= 0.6 is 0 Å². The van der Waals surface area contributed by atoms with E-state index in [-0.39, 0.29) is 12.4 Å². The van der Waals surface area contributed by atoms with Gasteiger partial charge in [0.25, 0.3) is 0 Å². The third-order valence-corrected chi connectivity index (χ3v) is 2.67. The highest BCUT2D eigenvalue weighted by Crippen LogP contribution is 2.25. The number of nitriles is 1. The fourth-order valence-electron chi connectivity index (χ4n) is 1.69. The molecule has 0 aliphatic carbocycles. The van der Waals surface area contributed by atoms with E-state index in [1.807, 2.05) is 6.07 Å². The van der Waals surface area contributed by atoms with Crippen molar-refractivity contribution in [1.82, 2.24) is 5.16 Å². The Kier molecular flexibility index (Phi) is 3.62. The summed E-state index contributed by atoms with van der Waals surface area (Å²) in [6.07, 6.45) is 0. The van der Waals surface area contributed by atoms with Crippen LogP contribution in [0.3, 0.4) is 0 Å². The highest BCUT2D eigenvalue weighted by Gasteiger charge is 2.20. The maximum atomic E-state index is 11.6. The number of aromatic nitrogens is 1. The molecule has 1 aromatic carbocycles. The van der Waals surface area contributed by atoms with Crippen molar-refractivity contribution in [2.24, 2.45) is 0 Å². The van der Waals surface area contributed by atoms with Gasteiger partial charge in [0.1, 0.15) is 5.69 Å². The number of esters is 1. The molecule has 0 amide bonds. The van der Waals surface area contributed by atoms with Gasteiger partial charge in [0.15, 0.2) is 0 Å². The summed E-state index contributed by atoms with van der Waals surface area (Å²) < 4.78 is 9.91. The number of rotatable bonds is 3. The van der Waals surface area contributed by atoms with Gasteiger partial charge in [0, 0.05) is 11.1 Å². The Balaban J connectivity index is 2.36. The Morgan fingerprint density at radius 3 is 2.68 bits per heavy atom. The van der Waals surface area contributed by atoms with Crippen LogP contribution in [0.15, 0.2) is 28.8 Å². The third-order valence-electron chi connectivity index (χ3n) is 2.67. The van der Waals surface area contributed by atoms with Gasteiger partial charge in [-0.15, -0.1) is 0 Å². The standard InChI is InChI=1S/C14H12N2O3/c1-3-18-14(17)13-9(2)12(16-19-13)11-6-4-10(8-15)5-7-11/h4-7H,3H2,1-2H3. The highest BCUT2D eigenvalue weighted by molar-refractivity contribution is 5.89. The van der Waals surface area contributed by atoms with Crippen molar-refractivity contribution in [3.05, 3.63) is 41.2 Å². The number of carbonyl (C=O) groups excluding carboxylic acids is 1. The van der Waals surface area contributed by atoms with Crippen molar-refractivity contribution >= 4 is 5.97 Å². The van der Waals surface area contributed by atoms with Gasteiger partial charge >= 0.3 is 5.97 Å². The molecule has 0 aliphatic rings. The fourth-order valence-corrected chi connectivity index (χ4v) is 1.69. The first kappa shape index (κ1) is 12.8. The van der Waals surface area contributed by atoms with Crippen molar-refractivity contribution in [2.45, 2.75) is 13.8 Å². The quantitative estimate of drug-likeness (QED) is 0.789. The Bertz CT molecular complexity index is 636. The topological polar surface area (TPSA) is 76.1 Å². The first-order valence-electron chi connectivity index (χ1n) is 5.81. The summed E-state index contributed by atoms with van der Waals surface area (Å²) in [5, 5.41) is 12.6. The minimum absolute atomic E-state index is 0.112.